The molecule has 0 radical (unpaired) electrons. The van der Waals surface area contributed by atoms with Crippen LogP contribution in [0, 0.1) is 0 Å². The van der Waals surface area contributed by atoms with Crippen molar-refractivity contribution >= 4 is 17.8 Å². The van der Waals surface area contributed by atoms with Crippen LogP contribution in [0.4, 0.5) is 0 Å². The van der Waals surface area contributed by atoms with Gasteiger partial charge in [-0.15, -0.1) is 0 Å². The molecular weight excluding hydrogens is 290 g/mol. The Morgan fingerprint density at radius 3 is 2.59 bits per heavy atom. The lowest BCUT2D eigenvalue weighted by atomic mass is 10.1. The van der Waals surface area contributed by atoms with Gasteiger partial charge in [0.15, 0.2) is 0 Å². The molecule has 0 aliphatic heterocycles. The average molecular weight is 309 g/mol. The van der Waals surface area contributed by atoms with E-state index in [0.717, 1.165) is 0 Å². The van der Waals surface area contributed by atoms with Crippen LogP contribution in [0.3, 0.4) is 0 Å². The number of aromatic nitrogens is 1. The maximum absolute atomic E-state index is 12.2. The number of carbonyl (C=O) groups excluding carboxylic acids is 2. The van der Waals surface area contributed by atoms with E-state index in [1.165, 1.54) is 18.3 Å². The molecule has 0 aromatic carbocycles. The zero-order valence-corrected chi connectivity index (χ0v) is 11.9. The third-order valence-corrected chi connectivity index (χ3v) is 2.95. The first kappa shape index (κ1) is 17.5. The second-order valence-corrected chi connectivity index (χ2v) is 4.52. The molecule has 0 aliphatic rings. The number of unbranched alkanes of at least 4 members (excludes halogenated alkanes) is 1. The number of hydrogen-bond donors (Lipinski definition) is 5. The Balaban J connectivity index is 2.86. The first-order valence-corrected chi connectivity index (χ1v) is 6.71. The van der Waals surface area contributed by atoms with Gasteiger partial charge in [-0.05, 0) is 37.9 Å². The van der Waals surface area contributed by atoms with Crippen LogP contribution >= 0.6 is 0 Å². The summed E-state index contributed by atoms with van der Waals surface area (Å²) in [5.74, 6) is 2.44. The van der Waals surface area contributed by atoms with E-state index in [0.29, 0.717) is 19.4 Å². The van der Waals surface area contributed by atoms with Gasteiger partial charge in [-0.25, -0.2) is 10.6 Å². The number of nitrogens with one attached hydrogen (secondary N) is 2. The van der Waals surface area contributed by atoms with Gasteiger partial charge < -0.3 is 16.2 Å². The molecule has 120 valence electrons. The van der Waals surface area contributed by atoms with Crippen LogP contribution in [0.1, 0.15) is 40.1 Å². The van der Waals surface area contributed by atoms with Gasteiger partial charge in [0.2, 0.25) is 0 Å². The van der Waals surface area contributed by atoms with Crippen LogP contribution in [0.15, 0.2) is 18.3 Å². The van der Waals surface area contributed by atoms with Crippen molar-refractivity contribution in [2.45, 2.75) is 25.3 Å². The lowest BCUT2D eigenvalue weighted by Gasteiger charge is -2.15. The minimum Gasteiger partial charge on any atom is -0.480 e. The first-order valence-electron chi connectivity index (χ1n) is 6.71. The highest BCUT2D eigenvalue weighted by Gasteiger charge is 2.23. The Bertz CT molecular complexity index is 549. The predicted molar refractivity (Wildman–Crippen MR) is 77.7 cm³/mol. The SMILES string of the molecule is NCCCC[C@H](NC(=O)c1cccnc1C(=O)NN)C(=O)O. The summed E-state index contributed by atoms with van der Waals surface area (Å²) in [5.41, 5.74) is 7.02. The van der Waals surface area contributed by atoms with Crippen LogP contribution in [-0.4, -0.2) is 40.5 Å². The number of nitrogens with zero attached hydrogens (tertiary/aromatic N) is 1. The first-order chi connectivity index (χ1) is 10.5. The second-order valence-electron chi connectivity index (χ2n) is 4.52. The molecule has 2 amide bonds. The molecule has 22 heavy (non-hydrogen) atoms. The normalized spacial score (nSPS) is 11.5. The minimum atomic E-state index is -1.15. The van der Waals surface area contributed by atoms with Gasteiger partial charge in [-0.1, -0.05) is 0 Å². The van der Waals surface area contributed by atoms with Crippen molar-refractivity contribution in [1.82, 2.24) is 15.7 Å². The van der Waals surface area contributed by atoms with Gasteiger partial charge in [0.05, 0.1) is 5.56 Å². The molecule has 0 fully saturated rings. The Hall–Kier alpha value is -2.52. The molecule has 9 heteroatoms. The van der Waals surface area contributed by atoms with Crippen LogP contribution in [0.25, 0.3) is 0 Å². The number of hydrogen-bond acceptors (Lipinski definition) is 6. The number of nitrogen functional groups attached to an aromatic ring is 1. The third-order valence-electron chi connectivity index (χ3n) is 2.95. The fraction of sp³-hybridized carbons (Fsp3) is 0.385. The van der Waals surface area contributed by atoms with E-state index in [1.54, 1.807) is 0 Å². The van der Waals surface area contributed by atoms with Crippen molar-refractivity contribution in [2.24, 2.45) is 11.6 Å². The highest BCUT2D eigenvalue weighted by atomic mass is 16.4. The number of amides is 2. The van der Waals surface area contributed by atoms with Gasteiger partial charge in [0.1, 0.15) is 11.7 Å². The highest BCUT2D eigenvalue weighted by molar-refractivity contribution is 6.06. The number of carbonyl (C=O) groups is 3. The van der Waals surface area contributed by atoms with Crippen LogP contribution in [-0.2, 0) is 4.79 Å². The summed E-state index contributed by atoms with van der Waals surface area (Å²) in [6.45, 7) is 0.448. The molecular formula is C13H19N5O4. The zero-order chi connectivity index (χ0) is 16.5. The van der Waals surface area contributed by atoms with Crippen molar-refractivity contribution in [3.63, 3.8) is 0 Å². The van der Waals surface area contributed by atoms with Crippen LogP contribution in [0.5, 0.6) is 0 Å². The minimum absolute atomic E-state index is 0.0458. The van der Waals surface area contributed by atoms with Crippen molar-refractivity contribution in [1.29, 1.82) is 0 Å². The van der Waals surface area contributed by atoms with Gasteiger partial charge in [-0.3, -0.25) is 20.0 Å². The molecule has 9 nitrogen and oxygen atoms in total. The molecule has 1 aromatic heterocycles. The average Bonchev–Trinajstić information content (AvgIpc) is 2.53. The van der Waals surface area contributed by atoms with Crippen LogP contribution < -0.4 is 22.3 Å². The molecule has 0 aliphatic carbocycles. The number of rotatable bonds is 8. The molecule has 0 saturated heterocycles. The molecule has 0 saturated carbocycles. The monoisotopic (exact) mass is 309 g/mol. The number of carboxylic acid groups (broad SMARTS) is 1. The van der Waals surface area contributed by atoms with E-state index in [9.17, 15) is 14.4 Å². The predicted octanol–water partition coefficient (Wildman–Crippen LogP) is -1.00. The number of aliphatic carboxylic acids is 1. The summed E-state index contributed by atoms with van der Waals surface area (Å²) in [6, 6.07) is 1.77. The highest BCUT2D eigenvalue weighted by Crippen LogP contribution is 2.07. The molecule has 0 unspecified atom stereocenters. The molecule has 1 rings (SSSR count). The maximum Gasteiger partial charge on any atom is 0.326 e. The number of nitrogens with two attached hydrogens (primary N) is 2. The van der Waals surface area contributed by atoms with E-state index < -0.39 is 23.8 Å². The molecule has 1 heterocycles. The lowest BCUT2D eigenvalue weighted by Crippen LogP contribution is -2.42. The summed E-state index contributed by atoms with van der Waals surface area (Å²) < 4.78 is 0. The number of carboxylic acids is 1. The smallest absolute Gasteiger partial charge is 0.326 e. The number of hydrazine groups is 1. The topological polar surface area (TPSA) is 160 Å². The molecule has 1 aromatic rings. The van der Waals surface area contributed by atoms with E-state index >= 15 is 0 Å². The fourth-order valence-corrected chi connectivity index (χ4v) is 1.82. The Morgan fingerprint density at radius 1 is 1.27 bits per heavy atom. The van der Waals surface area contributed by atoms with Crippen LogP contribution in [0.2, 0.25) is 0 Å². The summed E-state index contributed by atoms with van der Waals surface area (Å²) >= 11 is 0. The summed E-state index contributed by atoms with van der Waals surface area (Å²) in [4.78, 5) is 38.7. The zero-order valence-electron chi connectivity index (χ0n) is 11.9. The molecule has 0 bridgehead atoms. The van der Waals surface area contributed by atoms with Crippen molar-refractivity contribution in [3.05, 3.63) is 29.6 Å². The van der Waals surface area contributed by atoms with Crippen molar-refractivity contribution in [2.75, 3.05) is 6.54 Å². The van der Waals surface area contributed by atoms with E-state index in [-0.39, 0.29) is 17.7 Å². The Kier molecular flexibility index (Phi) is 6.93. The lowest BCUT2D eigenvalue weighted by molar-refractivity contribution is -0.139. The second kappa shape index (κ2) is 8.70. The van der Waals surface area contributed by atoms with E-state index in [2.05, 4.69) is 10.3 Å². The third kappa shape index (κ3) is 4.79. The maximum atomic E-state index is 12.2. The Morgan fingerprint density at radius 2 is 2.00 bits per heavy atom. The molecule has 0 spiro atoms. The van der Waals surface area contributed by atoms with Crippen molar-refractivity contribution in [3.8, 4) is 0 Å². The van der Waals surface area contributed by atoms with Gasteiger partial charge >= 0.3 is 5.97 Å². The summed E-state index contributed by atoms with van der Waals surface area (Å²) in [7, 11) is 0. The quantitative estimate of drug-likeness (QED) is 0.178. The van der Waals surface area contributed by atoms with Gasteiger partial charge in [0, 0.05) is 6.20 Å². The van der Waals surface area contributed by atoms with E-state index in [1.807, 2.05) is 5.43 Å². The van der Waals surface area contributed by atoms with Crippen molar-refractivity contribution < 1.29 is 19.5 Å². The fourth-order valence-electron chi connectivity index (χ4n) is 1.82. The van der Waals surface area contributed by atoms with Gasteiger partial charge in [0.25, 0.3) is 11.8 Å². The largest absolute Gasteiger partial charge is 0.480 e. The molecule has 1 atom stereocenters. The summed E-state index contributed by atoms with van der Waals surface area (Å²) in [5, 5.41) is 11.5. The number of pyridine rings is 1. The summed E-state index contributed by atoms with van der Waals surface area (Å²) in [6.07, 6.45) is 2.80. The van der Waals surface area contributed by atoms with E-state index in [4.69, 9.17) is 16.7 Å². The standard InChI is InChI=1S/C13H19N5O4/c14-6-2-1-5-9(13(21)22)17-11(19)8-4-3-7-16-10(8)12(20)18-15/h3-4,7,9H,1-2,5-6,14-15H2,(H,17,19)(H,18,20)(H,21,22)/t9-/m0/s1. The Labute approximate surface area is 127 Å². The molecule has 7 N–H and O–H groups in total. The van der Waals surface area contributed by atoms with Gasteiger partial charge in [-0.2, -0.15) is 0 Å².